The molecule has 0 unspecified atom stereocenters. The van der Waals surface area contributed by atoms with Crippen LogP contribution in [-0.4, -0.2) is 68.6 Å². The van der Waals surface area contributed by atoms with Gasteiger partial charge in [0.15, 0.2) is 18.1 Å². The molecule has 8 heteroatoms. The lowest BCUT2D eigenvalue weighted by molar-refractivity contribution is -0.134. The van der Waals surface area contributed by atoms with E-state index in [-0.39, 0.29) is 18.4 Å². The standard InChI is InChI=1S/C23H25N3O5/c1-29-20-8-5-18(15-21(20)30-2)23(28)26-13-11-25(12-14-26)22(27)16-31-19-6-3-17(4-7-19)9-10-24/h3-8,15H,9,11-14,16H2,1-2H3. The Morgan fingerprint density at radius 3 is 2.19 bits per heavy atom. The van der Waals surface area contributed by atoms with Crippen LogP contribution in [-0.2, 0) is 11.2 Å². The van der Waals surface area contributed by atoms with Gasteiger partial charge < -0.3 is 24.0 Å². The van der Waals surface area contributed by atoms with E-state index < -0.39 is 0 Å². The van der Waals surface area contributed by atoms with Crippen molar-refractivity contribution < 1.29 is 23.8 Å². The minimum atomic E-state index is -0.126. The highest BCUT2D eigenvalue weighted by atomic mass is 16.5. The molecule has 0 aliphatic carbocycles. The van der Waals surface area contributed by atoms with E-state index >= 15 is 0 Å². The zero-order valence-corrected chi connectivity index (χ0v) is 17.7. The highest BCUT2D eigenvalue weighted by Crippen LogP contribution is 2.28. The van der Waals surface area contributed by atoms with Crippen molar-refractivity contribution in [3.63, 3.8) is 0 Å². The summed E-state index contributed by atoms with van der Waals surface area (Å²) in [6.07, 6.45) is 0.339. The second kappa shape index (κ2) is 10.3. The highest BCUT2D eigenvalue weighted by Gasteiger charge is 2.25. The average molecular weight is 423 g/mol. The van der Waals surface area contributed by atoms with Crippen LogP contribution in [0.5, 0.6) is 17.2 Å². The molecule has 0 aromatic heterocycles. The fourth-order valence-electron chi connectivity index (χ4n) is 3.34. The van der Waals surface area contributed by atoms with Crippen LogP contribution in [0.15, 0.2) is 42.5 Å². The lowest BCUT2D eigenvalue weighted by Crippen LogP contribution is -2.51. The van der Waals surface area contributed by atoms with E-state index in [0.29, 0.717) is 55.4 Å². The van der Waals surface area contributed by atoms with E-state index in [1.54, 1.807) is 47.2 Å². The van der Waals surface area contributed by atoms with Crippen molar-refractivity contribution in [2.75, 3.05) is 47.0 Å². The first-order valence-corrected chi connectivity index (χ1v) is 9.93. The number of ether oxygens (including phenoxy) is 3. The third-order valence-electron chi connectivity index (χ3n) is 5.12. The number of benzene rings is 2. The van der Waals surface area contributed by atoms with Crippen molar-refractivity contribution in [1.82, 2.24) is 9.80 Å². The number of rotatable bonds is 7. The number of hydrogen-bond donors (Lipinski definition) is 0. The number of piperazine rings is 1. The highest BCUT2D eigenvalue weighted by molar-refractivity contribution is 5.95. The summed E-state index contributed by atoms with van der Waals surface area (Å²) in [5.41, 5.74) is 1.41. The molecule has 2 aromatic carbocycles. The van der Waals surface area contributed by atoms with Gasteiger partial charge in [0.2, 0.25) is 0 Å². The summed E-state index contributed by atoms with van der Waals surface area (Å²) in [5, 5.41) is 8.71. The van der Waals surface area contributed by atoms with E-state index in [1.165, 1.54) is 7.11 Å². The van der Waals surface area contributed by atoms with Gasteiger partial charge in [-0.1, -0.05) is 12.1 Å². The lowest BCUT2D eigenvalue weighted by Gasteiger charge is -2.34. The number of hydrogen-bond acceptors (Lipinski definition) is 6. The monoisotopic (exact) mass is 423 g/mol. The van der Waals surface area contributed by atoms with Crippen LogP contribution in [0.3, 0.4) is 0 Å². The normalized spacial score (nSPS) is 13.3. The maximum atomic E-state index is 12.8. The van der Waals surface area contributed by atoms with Crippen LogP contribution in [0.4, 0.5) is 0 Å². The van der Waals surface area contributed by atoms with Crippen molar-refractivity contribution in [3.8, 4) is 23.3 Å². The molecular weight excluding hydrogens is 398 g/mol. The molecule has 8 nitrogen and oxygen atoms in total. The Morgan fingerprint density at radius 1 is 0.935 bits per heavy atom. The van der Waals surface area contributed by atoms with E-state index in [4.69, 9.17) is 19.5 Å². The average Bonchev–Trinajstić information content (AvgIpc) is 2.82. The predicted molar refractivity (Wildman–Crippen MR) is 113 cm³/mol. The number of nitriles is 1. The van der Waals surface area contributed by atoms with Crippen LogP contribution < -0.4 is 14.2 Å². The van der Waals surface area contributed by atoms with Gasteiger partial charge in [0, 0.05) is 31.7 Å². The molecule has 1 heterocycles. The SMILES string of the molecule is COc1ccc(C(=O)N2CCN(C(=O)COc3ccc(CC#N)cc3)CC2)cc1OC. The molecule has 31 heavy (non-hydrogen) atoms. The molecule has 0 N–H and O–H groups in total. The van der Waals surface area contributed by atoms with Gasteiger partial charge in [-0.3, -0.25) is 9.59 Å². The molecule has 0 radical (unpaired) electrons. The summed E-state index contributed by atoms with van der Waals surface area (Å²) < 4.78 is 16.0. The quantitative estimate of drug-likeness (QED) is 0.678. The Hall–Kier alpha value is -3.73. The Kier molecular flexibility index (Phi) is 7.33. The predicted octanol–water partition coefficient (Wildman–Crippen LogP) is 2.13. The summed E-state index contributed by atoms with van der Waals surface area (Å²) in [6, 6.07) is 14.3. The first kappa shape index (κ1) is 22.0. The third-order valence-corrected chi connectivity index (χ3v) is 5.12. The number of carbonyl (C=O) groups is 2. The summed E-state index contributed by atoms with van der Waals surface area (Å²) in [7, 11) is 3.07. The Bertz CT molecular complexity index is 960. The third kappa shape index (κ3) is 5.45. The summed E-state index contributed by atoms with van der Waals surface area (Å²) in [5.74, 6) is 1.41. The molecular formula is C23H25N3O5. The fraction of sp³-hybridized carbons (Fsp3) is 0.348. The first-order chi connectivity index (χ1) is 15.0. The smallest absolute Gasteiger partial charge is 0.260 e. The van der Waals surface area contributed by atoms with Crippen molar-refractivity contribution in [1.29, 1.82) is 5.26 Å². The summed E-state index contributed by atoms with van der Waals surface area (Å²) in [6.45, 7) is 1.72. The van der Waals surface area contributed by atoms with Gasteiger partial charge in [-0.15, -0.1) is 0 Å². The first-order valence-electron chi connectivity index (χ1n) is 9.93. The molecule has 1 aliphatic heterocycles. The van der Waals surface area contributed by atoms with E-state index in [0.717, 1.165) is 5.56 Å². The molecule has 1 fully saturated rings. The lowest BCUT2D eigenvalue weighted by atomic mass is 10.1. The largest absolute Gasteiger partial charge is 0.493 e. The molecule has 1 aliphatic rings. The summed E-state index contributed by atoms with van der Waals surface area (Å²) in [4.78, 5) is 28.7. The second-order valence-electron chi connectivity index (χ2n) is 7.01. The van der Waals surface area contributed by atoms with Gasteiger partial charge in [-0.05, 0) is 35.9 Å². The van der Waals surface area contributed by atoms with Gasteiger partial charge in [-0.2, -0.15) is 5.26 Å². The van der Waals surface area contributed by atoms with Crippen molar-refractivity contribution >= 4 is 11.8 Å². The van der Waals surface area contributed by atoms with Gasteiger partial charge in [0.05, 0.1) is 26.7 Å². The molecule has 1 saturated heterocycles. The van der Waals surface area contributed by atoms with E-state index in [9.17, 15) is 9.59 Å². The van der Waals surface area contributed by atoms with Crippen LogP contribution in [0.2, 0.25) is 0 Å². The van der Waals surface area contributed by atoms with Gasteiger partial charge in [-0.25, -0.2) is 0 Å². The van der Waals surface area contributed by atoms with Crippen molar-refractivity contribution in [2.24, 2.45) is 0 Å². The minimum Gasteiger partial charge on any atom is -0.493 e. The molecule has 0 spiro atoms. The maximum Gasteiger partial charge on any atom is 0.260 e. The van der Waals surface area contributed by atoms with Crippen molar-refractivity contribution in [2.45, 2.75) is 6.42 Å². The molecule has 0 bridgehead atoms. The van der Waals surface area contributed by atoms with Crippen LogP contribution in [0.1, 0.15) is 15.9 Å². The number of methoxy groups -OCH3 is 2. The Morgan fingerprint density at radius 2 is 1.58 bits per heavy atom. The topological polar surface area (TPSA) is 92.1 Å². The Balaban J connectivity index is 1.50. The van der Waals surface area contributed by atoms with Gasteiger partial charge in [0.1, 0.15) is 5.75 Å². The molecule has 2 aromatic rings. The van der Waals surface area contributed by atoms with Crippen LogP contribution in [0.25, 0.3) is 0 Å². The molecule has 2 amide bonds. The Labute approximate surface area is 181 Å². The molecule has 0 atom stereocenters. The van der Waals surface area contributed by atoms with E-state index in [2.05, 4.69) is 6.07 Å². The van der Waals surface area contributed by atoms with Crippen molar-refractivity contribution in [3.05, 3.63) is 53.6 Å². The fourth-order valence-corrected chi connectivity index (χ4v) is 3.34. The molecule has 0 saturated carbocycles. The zero-order chi connectivity index (χ0) is 22.2. The second-order valence-corrected chi connectivity index (χ2v) is 7.01. The number of amides is 2. The van der Waals surface area contributed by atoms with Gasteiger partial charge in [0.25, 0.3) is 11.8 Å². The maximum absolute atomic E-state index is 12.8. The van der Waals surface area contributed by atoms with Gasteiger partial charge >= 0.3 is 0 Å². The summed E-state index contributed by atoms with van der Waals surface area (Å²) >= 11 is 0. The van der Waals surface area contributed by atoms with E-state index in [1.807, 2.05) is 12.1 Å². The van der Waals surface area contributed by atoms with Crippen LogP contribution in [0, 0.1) is 11.3 Å². The van der Waals surface area contributed by atoms with Crippen LogP contribution >= 0.6 is 0 Å². The molecule has 162 valence electrons. The zero-order valence-electron chi connectivity index (χ0n) is 17.7. The number of nitrogens with zero attached hydrogens (tertiary/aromatic N) is 3. The molecule has 3 rings (SSSR count). The minimum absolute atomic E-state index is 0.0682. The number of carbonyl (C=O) groups excluding carboxylic acids is 2.